The molecule has 0 aliphatic heterocycles. The maximum absolute atomic E-state index is 12.2. The van der Waals surface area contributed by atoms with Gasteiger partial charge in [-0.1, -0.05) is 18.5 Å². The minimum Gasteiger partial charge on any atom is -0.450 e. The van der Waals surface area contributed by atoms with E-state index >= 15 is 0 Å². The van der Waals surface area contributed by atoms with E-state index in [2.05, 4.69) is 10.6 Å². The van der Waals surface area contributed by atoms with Crippen molar-refractivity contribution in [3.05, 3.63) is 63.2 Å². The molecule has 2 amide bonds. The SMILES string of the molecule is CCCNC(=O)[C@@H](C)NC(=O)c1ccc(Oc2ccc(Cl)cc2[N+](=O)[O-])cc1. The minimum absolute atomic E-state index is 0.0350. The summed E-state index contributed by atoms with van der Waals surface area (Å²) in [5.41, 5.74) is 0.0642. The Morgan fingerprint density at radius 2 is 1.89 bits per heavy atom. The zero-order valence-corrected chi connectivity index (χ0v) is 16.2. The molecule has 28 heavy (non-hydrogen) atoms. The molecular weight excluding hydrogens is 386 g/mol. The van der Waals surface area contributed by atoms with Gasteiger partial charge in [-0.15, -0.1) is 0 Å². The van der Waals surface area contributed by atoms with Crippen molar-refractivity contribution in [2.24, 2.45) is 0 Å². The minimum atomic E-state index is -0.674. The van der Waals surface area contributed by atoms with E-state index in [1.165, 1.54) is 42.5 Å². The Bertz CT molecular complexity index is 870. The van der Waals surface area contributed by atoms with E-state index in [-0.39, 0.29) is 22.4 Å². The van der Waals surface area contributed by atoms with E-state index in [4.69, 9.17) is 16.3 Å². The molecule has 2 aromatic rings. The highest BCUT2D eigenvalue weighted by atomic mass is 35.5. The molecule has 0 fully saturated rings. The van der Waals surface area contributed by atoms with Gasteiger partial charge in [0.25, 0.3) is 5.91 Å². The van der Waals surface area contributed by atoms with Crippen molar-refractivity contribution < 1.29 is 19.2 Å². The van der Waals surface area contributed by atoms with E-state index in [1.807, 2.05) is 6.92 Å². The van der Waals surface area contributed by atoms with E-state index in [0.717, 1.165) is 6.42 Å². The number of hydrogen-bond donors (Lipinski definition) is 2. The fourth-order valence-electron chi connectivity index (χ4n) is 2.27. The molecule has 9 heteroatoms. The third-order valence-electron chi connectivity index (χ3n) is 3.75. The van der Waals surface area contributed by atoms with Gasteiger partial charge in [-0.25, -0.2) is 0 Å². The second-order valence-electron chi connectivity index (χ2n) is 5.98. The lowest BCUT2D eigenvalue weighted by Gasteiger charge is -2.14. The first-order chi connectivity index (χ1) is 13.3. The summed E-state index contributed by atoms with van der Waals surface area (Å²) >= 11 is 5.78. The van der Waals surface area contributed by atoms with Crippen LogP contribution in [0, 0.1) is 10.1 Å². The molecule has 2 rings (SSSR count). The van der Waals surface area contributed by atoms with Crippen LogP contribution in [0.4, 0.5) is 5.69 Å². The largest absolute Gasteiger partial charge is 0.450 e. The van der Waals surface area contributed by atoms with Gasteiger partial charge in [0.2, 0.25) is 11.7 Å². The Balaban J connectivity index is 2.05. The van der Waals surface area contributed by atoms with Crippen molar-refractivity contribution >= 4 is 29.1 Å². The van der Waals surface area contributed by atoms with Gasteiger partial charge in [0, 0.05) is 23.2 Å². The van der Waals surface area contributed by atoms with Crippen molar-refractivity contribution in [3.63, 3.8) is 0 Å². The highest BCUT2D eigenvalue weighted by molar-refractivity contribution is 6.30. The molecule has 0 radical (unpaired) electrons. The second kappa shape index (κ2) is 9.70. The molecular formula is C19H20ClN3O5. The normalized spacial score (nSPS) is 11.4. The molecule has 2 aromatic carbocycles. The Hall–Kier alpha value is -3.13. The predicted octanol–water partition coefficient (Wildman–Crippen LogP) is 3.69. The quantitative estimate of drug-likeness (QED) is 0.514. The van der Waals surface area contributed by atoms with E-state index in [9.17, 15) is 19.7 Å². The number of halogens is 1. The fraction of sp³-hybridized carbons (Fsp3) is 0.263. The molecule has 0 bridgehead atoms. The smallest absolute Gasteiger partial charge is 0.313 e. The molecule has 0 aliphatic carbocycles. The van der Waals surface area contributed by atoms with Crippen molar-refractivity contribution in [2.75, 3.05) is 6.54 Å². The van der Waals surface area contributed by atoms with E-state index in [1.54, 1.807) is 6.92 Å². The third-order valence-corrected chi connectivity index (χ3v) is 3.99. The molecule has 0 spiro atoms. The first kappa shape index (κ1) is 21.2. The third kappa shape index (κ3) is 5.68. The number of benzene rings is 2. The number of nitro benzene ring substituents is 1. The molecule has 0 heterocycles. The molecule has 0 aromatic heterocycles. The van der Waals surface area contributed by atoms with Crippen LogP contribution in [0.15, 0.2) is 42.5 Å². The van der Waals surface area contributed by atoms with Gasteiger partial charge in [0.1, 0.15) is 11.8 Å². The number of carbonyl (C=O) groups is 2. The lowest BCUT2D eigenvalue weighted by atomic mass is 10.2. The first-order valence-corrected chi connectivity index (χ1v) is 9.00. The van der Waals surface area contributed by atoms with Crippen LogP contribution in [0.2, 0.25) is 5.02 Å². The number of nitrogens with one attached hydrogen (secondary N) is 2. The zero-order chi connectivity index (χ0) is 20.7. The summed E-state index contributed by atoms with van der Waals surface area (Å²) < 4.78 is 5.53. The lowest BCUT2D eigenvalue weighted by molar-refractivity contribution is -0.385. The molecule has 148 valence electrons. The molecule has 0 unspecified atom stereocenters. The average molecular weight is 406 g/mol. The van der Waals surface area contributed by atoms with E-state index < -0.39 is 16.9 Å². The maximum atomic E-state index is 12.2. The summed E-state index contributed by atoms with van der Waals surface area (Å²) in [7, 11) is 0. The average Bonchev–Trinajstić information content (AvgIpc) is 2.67. The Morgan fingerprint density at radius 3 is 2.50 bits per heavy atom. The standard InChI is InChI=1S/C19H20ClN3O5/c1-3-10-21-18(24)12(2)22-19(25)13-4-7-15(8-5-13)28-17-9-6-14(20)11-16(17)23(26)27/h4-9,11-12H,3,10H2,1-2H3,(H,21,24)(H,22,25)/t12-/m1/s1. The summed E-state index contributed by atoms with van der Waals surface area (Å²) in [5, 5.41) is 16.7. The van der Waals surface area contributed by atoms with Crippen molar-refractivity contribution in [1.29, 1.82) is 0 Å². The monoisotopic (exact) mass is 405 g/mol. The molecule has 1 atom stereocenters. The summed E-state index contributed by atoms with van der Waals surface area (Å²) in [6.07, 6.45) is 0.805. The van der Waals surface area contributed by atoms with Crippen molar-refractivity contribution in [2.45, 2.75) is 26.3 Å². The highest BCUT2D eigenvalue weighted by Crippen LogP contribution is 2.33. The second-order valence-corrected chi connectivity index (χ2v) is 6.42. The molecule has 2 N–H and O–H groups in total. The predicted molar refractivity (Wildman–Crippen MR) is 105 cm³/mol. The van der Waals surface area contributed by atoms with Gasteiger partial charge >= 0.3 is 5.69 Å². The van der Waals surface area contributed by atoms with Gasteiger partial charge in [-0.3, -0.25) is 19.7 Å². The Labute approximate surface area is 167 Å². The van der Waals surface area contributed by atoms with Gasteiger partial charge < -0.3 is 15.4 Å². The molecule has 8 nitrogen and oxygen atoms in total. The molecule has 0 saturated carbocycles. The first-order valence-electron chi connectivity index (χ1n) is 8.62. The van der Waals surface area contributed by atoms with Gasteiger partial charge in [0.15, 0.2) is 0 Å². The summed E-state index contributed by atoms with van der Waals surface area (Å²) in [6.45, 7) is 4.08. The molecule has 0 saturated heterocycles. The Kier molecular flexibility index (Phi) is 7.34. The number of rotatable bonds is 8. The van der Waals surface area contributed by atoms with Crippen LogP contribution in [0.5, 0.6) is 11.5 Å². The summed E-state index contributed by atoms with van der Waals surface area (Å²) in [5.74, 6) is -0.322. The molecule has 0 aliphatic rings. The number of carbonyl (C=O) groups excluding carboxylic acids is 2. The maximum Gasteiger partial charge on any atom is 0.313 e. The van der Waals surface area contributed by atoms with E-state index in [0.29, 0.717) is 17.9 Å². The van der Waals surface area contributed by atoms with Crippen molar-refractivity contribution in [1.82, 2.24) is 10.6 Å². The van der Waals surface area contributed by atoms with Crippen LogP contribution in [0.3, 0.4) is 0 Å². The van der Waals surface area contributed by atoms with Crippen LogP contribution < -0.4 is 15.4 Å². The van der Waals surface area contributed by atoms with Crippen LogP contribution in [-0.4, -0.2) is 29.3 Å². The van der Waals surface area contributed by atoms with Gasteiger partial charge in [-0.05, 0) is 49.7 Å². The number of nitrogens with zero attached hydrogens (tertiary/aromatic N) is 1. The number of nitro groups is 1. The number of hydrogen-bond acceptors (Lipinski definition) is 5. The van der Waals surface area contributed by atoms with Crippen LogP contribution in [-0.2, 0) is 4.79 Å². The topological polar surface area (TPSA) is 111 Å². The lowest BCUT2D eigenvalue weighted by Crippen LogP contribution is -2.44. The number of amides is 2. The zero-order valence-electron chi connectivity index (χ0n) is 15.4. The van der Waals surface area contributed by atoms with Crippen molar-refractivity contribution in [3.8, 4) is 11.5 Å². The van der Waals surface area contributed by atoms with Crippen LogP contribution >= 0.6 is 11.6 Å². The van der Waals surface area contributed by atoms with Gasteiger partial charge in [-0.2, -0.15) is 0 Å². The summed E-state index contributed by atoms with van der Waals surface area (Å²) in [6, 6.07) is 9.43. The van der Waals surface area contributed by atoms with Gasteiger partial charge in [0.05, 0.1) is 4.92 Å². The van der Waals surface area contributed by atoms with Crippen LogP contribution in [0.25, 0.3) is 0 Å². The fourth-order valence-corrected chi connectivity index (χ4v) is 2.43. The highest BCUT2D eigenvalue weighted by Gasteiger charge is 2.18. The summed E-state index contributed by atoms with van der Waals surface area (Å²) in [4.78, 5) is 34.6. The van der Waals surface area contributed by atoms with Crippen LogP contribution in [0.1, 0.15) is 30.6 Å². The number of ether oxygens (including phenoxy) is 1. The Morgan fingerprint density at radius 1 is 1.21 bits per heavy atom.